The van der Waals surface area contributed by atoms with E-state index in [0.29, 0.717) is 12.2 Å². The zero-order chi connectivity index (χ0) is 19.4. The molecule has 0 saturated heterocycles. The van der Waals surface area contributed by atoms with Gasteiger partial charge in [-0.05, 0) is 31.0 Å². The highest BCUT2D eigenvalue weighted by atomic mass is 16.2. The minimum absolute atomic E-state index is 0.0650. The molecule has 2 aromatic carbocycles. The van der Waals surface area contributed by atoms with Crippen LogP contribution in [0.4, 0.5) is 5.69 Å². The quantitative estimate of drug-likeness (QED) is 0.699. The minimum atomic E-state index is -0.216. The number of anilines is 1. The lowest BCUT2D eigenvalue weighted by molar-refractivity contribution is -0.118. The number of hydrogen-bond donors (Lipinski definition) is 0. The summed E-state index contributed by atoms with van der Waals surface area (Å²) in [6.45, 7) is 3.87. The predicted molar refractivity (Wildman–Crippen MR) is 108 cm³/mol. The Balaban J connectivity index is 1.99. The van der Waals surface area contributed by atoms with Crippen molar-refractivity contribution < 1.29 is 4.79 Å². The average Bonchev–Trinajstić information content (AvgIpc) is 2.69. The summed E-state index contributed by atoms with van der Waals surface area (Å²) in [4.78, 5) is 31.7. The molecule has 5 nitrogen and oxygen atoms in total. The SMILES string of the molecule is CCc1cc(=O)n(CC(=O)N(C)c2cccc(C)c2)c(-c2ccccc2)n1. The van der Waals surface area contributed by atoms with E-state index in [-0.39, 0.29) is 18.0 Å². The summed E-state index contributed by atoms with van der Waals surface area (Å²) in [6.07, 6.45) is 0.660. The van der Waals surface area contributed by atoms with E-state index in [0.717, 1.165) is 22.5 Å². The normalized spacial score (nSPS) is 10.6. The number of hydrogen-bond acceptors (Lipinski definition) is 3. The number of carbonyl (C=O) groups is 1. The monoisotopic (exact) mass is 361 g/mol. The highest BCUT2D eigenvalue weighted by Crippen LogP contribution is 2.18. The Morgan fingerprint density at radius 1 is 1.07 bits per heavy atom. The van der Waals surface area contributed by atoms with Crippen molar-refractivity contribution >= 4 is 11.6 Å². The maximum Gasteiger partial charge on any atom is 0.254 e. The number of benzene rings is 2. The molecular weight excluding hydrogens is 338 g/mol. The molecule has 5 heteroatoms. The van der Waals surface area contributed by atoms with Gasteiger partial charge < -0.3 is 4.90 Å². The fourth-order valence-corrected chi connectivity index (χ4v) is 2.92. The van der Waals surface area contributed by atoms with E-state index in [1.807, 2.05) is 68.4 Å². The molecule has 0 unspecified atom stereocenters. The van der Waals surface area contributed by atoms with Crippen LogP contribution >= 0.6 is 0 Å². The van der Waals surface area contributed by atoms with E-state index >= 15 is 0 Å². The van der Waals surface area contributed by atoms with Gasteiger partial charge in [0.15, 0.2) is 0 Å². The van der Waals surface area contributed by atoms with Crippen LogP contribution in [0.15, 0.2) is 65.5 Å². The van der Waals surface area contributed by atoms with Crippen LogP contribution in [0, 0.1) is 6.92 Å². The van der Waals surface area contributed by atoms with Gasteiger partial charge in [-0.15, -0.1) is 0 Å². The van der Waals surface area contributed by atoms with Crippen LogP contribution in [0.3, 0.4) is 0 Å². The number of carbonyl (C=O) groups excluding carboxylic acids is 1. The maximum atomic E-state index is 12.9. The van der Waals surface area contributed by atoms with Gasteiger partial charge in [0.1, 0.15) is 12.4 Å². The molecule has 0 aliphatic rings. The fraction of sp³-hybridized carbons (Fsp3) is 0.227. The molecule has 0 aliphatic carbocycles. The van der Waals surface area contributed by atoms with Gasteiger partial charge in [-0.25, -0.2) is 4.98 Å². The molecule has 3 rings (SSSR count). The van der Waals surface area contributed by atoms with Crippen molar-refractivity contribution in [1.29, 1.82) is 0 Å². The van der Waals surface area contributed by atoms with Crippen molar-refractivity contribution in [2.45, 2.75) is 26.8 Å². The summed E-state index contributed by atoms with van der Waals surface area (Å²) in [5.41, 5.74) is 3.19. The maximum absolute atomic E-state index is 12.9. The summed E-state index contributed by atoms with van der Waals surface area (Å²) in [5, 5.41) is 0. The van der Waals surface area contributed by atoms with Gasteiger partial charge in [-0.3, -0.25) is 14.2 Å². The van der Waals surface area contributed by atoms with E-state index in [1.54, 1.807) is 11.9 Å². The zero-order valence-electron chi connectivity index (χ0n) is 15.8. The Kier molecular flexibility index (Phi) is 5.50. The van der Waals surface area contributed by atoms with Crippen LogP contribution in [0.1, 0.15) is 18.2 Å². The van der Waals surface area contributed by atoms with Crippen molar-refractivity contribution in [2.75, 3.05) is 11.9 Å². The molecule has 0 bridgehead atoms. The molecule has 27 heavy (non-hydrogen) atoms. The summed E-state index contributed by atoms with van der Waals surface area (Å²) in [7, 11) is 1.72. The second kappa shape index (κ2) is 7.99. The van der Waals surface area contributed by atoms with Gasteiger partial charge in [0.2, 0.25) is 5.91 Å². The van der Waals surface area contributed by atoms with Gasteiger partial charge in [0, 0.05) is 30.1 Å². The summed E-state index contributed by atoms with van der Waals surface area (Å²) in [5.74, 6) is 0.344. The molecule has 1 amide bonds. The Hall–Kier alpha value is -3.21. The van der Waals surface area contributed by atoms with Crippen LogP contribution in [0.5, 0.6) is 0 Å². The van der Waals surface area contributed by atoms with Crippen molar-refractivity contribution in [1.82, 2.24) is 9.55 Å². The third-order valence-electron chi connectivity index (χ3n) is 4.51. The molecule has 0 spiro atoms. The third-order valence-corrected chi connectivity index (χ3v) is 4.51. The third kappa shape index (κ3) is 4.14. The second-order valence-electron chi connectivity index (χ2n) is 6.51. The minimum Gasteiger partial charge on any atom is -0.314 e. The Morgan fingerprint density at radius 2 is 1.81 bits per heavy atom. The molecule has 0 atom stereocenters. The topological polar surface area (TPSA) is 55.2 Å². The standard InChI is InChI=1S/C22H23N3O2/c1-4-18-14-20(26)25(22(23-18)17-10-6-5-7-11-17)15-21(27)24(3)19-12-8-9-16(2)13-19/h5-14H,4,15H2,1-3H3. The smallest absolute Gasteiger partial charge is 0.254 e. The number of amides is 1. The Bertz CT molecular complexity index is 1010. The first-order chi connectivity index (χ1) is 13.0. The lowest BCUT2D eigenvalue weighted by Gasteiger charge is -2.20. The van der Waals surface area contributed by atoms with Crippen LogP contribution in [0.2, 0.25) is 0 Å². The van der Waals surface area contributed by atoms with Crippen molar-refractivity contribution in [3.8, 4) is 11.4 Å². The highest BCUT2D eigenvalue weighted by Gasteiger charge is 2.17. The predicted octanol–water partition coefficient (Wildman–Crippen LogP) is 3.44. The van der Waals surface area contributed by atoms with Crippen molar-refractivity contribution in [3.05, 3.63) is 82.3 Å². The number of likely N-dealkylation sites (N-methyl/N-ethyl adjacent to an activating group) is 1. The second-order valence-corrected chi connectivity index (χ2v) is 6.51. The number of rotatable bonds is 5. The molecule has 0 saturated carbocycles. The van der Waals surface area contributed by atoms with Gasteiger partial charge in [-0.1, -0.05) is 49.4 Å². The molecule has 0 radical (unpaired) electrons. The van der Waals surface area contributed by atoms with Crippen LogP contribution in [-0.2, 0) is 17.8 Å². The molecular formula is C22H23N3O2. The highest BCUT2D eigenvalue weighted by molar-refractivity contribution is 5.93. The van der Waals surface area contributed by atoms with E-state index in [9.17, 15) is 9.59 Å². The van der Waals surface area contributed by atoms with E-state index in [2.05, 4.69) is 4.98 Å². The molecule has 1 heterocycles. The van der Waals surface area contributed by atoms with E-state index < -0.39 is 0 Å². The average molecular weight is 361 g/mol. The van der Waals surface area contributed by atoms with Gasteiger partial charge in [0.25, 0.3) is 5.56 Å². The number of aromatic nitrogens is 2. The van der Waals surface area contributed by atoms with E-state index in [4.69, 9.17) is 0 Å². The molecule has 138 valence electrons. The summed E-state index contributed by atoms with van der Waals surface area (Å²) >= 11 is 0. The first-order valence-electron chi connectivity index (χ1n) is 8.99. The van der Waals surface area contributed by atoms with Gasteiger partial charge in [0.05, 0.1) is 0 Å². The molecule has 0 fully saturated rings. The van der Waals surface area contributed by atoms with Crippen LogP contribution < -0.4 is 10.5 Å². The first-order valence-corrected chi connectivity index (χ1v) is 8.99. The lowest BCUT2D eigenvalue weighted by atomic mass is 10.2. The number of aryl methyl sites for hydroxylation is 2. The van der Waals surface area contributed by atoms with Gasteiger partial charge in [-0.2, -0.15) is 0 Å². The largest absolute Gasteiger partial charge is 0.314 e. The van der Waals surface area contributed by atoms with Crippen molar-refractivity contribution in [3.63, 3.8) is 0 Å². The molecule has 0 N–H and O–H groups in total. The summed E-state index contributed by atoms with van der Waals surface area (Å²) in [6, 6.07) is 18.7. The van der Waals surface area contributed by atoms with Crippen LogP contribution in [0.25, 0.3) is 11.4 Å². The van der Waals surface area contributed by atoms with Crippen LogP contribution in [-0.4, -0.2) is 22.5 Å². The molecule has 0 aliphatic heterocycles. The molecule has 1 aromatic heterocycles. The van der Waals surface area contributed by atoms with Gasteiger partial charge >= 0.3 is 0 Å². The lowest BCUT2D eigenvalue weighted by Crippen LogP contribution is -2.35. The molecule has 3 aromatic rings. The summed E-state index contributed by atoms with van der Waals surface area (Å²) < 4.78 is 1.45. The van der Waals surface area contributed by atoms with Crippen molar-refractivity contribution in [2.24, 2.45) is 0 Å². The fourth-order valence-electron chi connectivity index (χ4n) is 2.92. The van der Waals surface area contributed by atoms with E-state index in [1.165, 1.54) is 10.6 Å². The Morgan fingerprint density at radius 3 is 2.48 bits per heavy atom. The first kappa shape index (κ1) is 18.6. The zero-order valence-corrected chi connectivity index (χ0v) is 15.8. The Labute approximate surface area is 158 Å². The number of nitrogens with zero attached hydrogens (tertiary/aromatic N) is 3.